The van der Waals surface area contributed by atoms with Gasteiger partial charge in [-0.05, 0) is 30.9 Å². The molecule has 1 aromatic rings. The summed E-state index contributed by atoms with van der Waals surface area (Å²) in [5, 5.41) is 12.1. The first kappa shape index (κ1) is 20.4. The van der Waals surface area contributed by atoms with Gasteiger partial charge in [-0.1, -0.05) is 39.8 Å². The zero-order valence-electron chi connectivity index (χ0n) is 15.7. The van der Waals surface area contributed by atoms with Gasteiger partial charge in [0, 0.05) is 30.5 Å². The molecular weight excluding hydrogens is 314 g/mol. The summed E-state index contributed by atoms with van der Waals surface area (Å²) in [6.45, 7) is 11.4. The molecule has 0 radical (unpaired) electrons. The largest absolute Gasteiger partial charge is 0.376 e. The summed E-state index contributed by atoms with van der Waals surface area (Å²) in [6.07, 6.45) is 1.63. The van der Waals surface area contributed by atoms with Crippen LogP contribution in [0.2, 0.25) is 0 Å². The van der Waals surface area contributed by atoms with Crippen LogP contribution in [0.3, 0.4) is 0 Å². The van der Waals surface area contributed by atoms with E-state index in [1.165, 1.54) is 6.92 Å². The molecule has 0 bridgehead atoms. The number of benzene rings is 1. The lowest BCUT2D eigenvalue weighted by Crippen LogP contribution is -2.28. The fraction of sp³-hybridized carbons (Fsp3) is 0.450. The third-order valence-electron chi connectivity index (χ3n) is 3.40. The molecule has 0 saturated heterocycles. The second-order valence-corrected chi connectivity index (χ2v) is 6.99. The van der Waals surface area contributed by atoms with Gasteiger partial charge < -0.3 is 10.2 Å². The molecule has 25 heavy (non-hydrogen) atoms. The van der Waals surface area contributed by atoms with Gasteiger partial charge in [0.1, 0.15) is 11.6 Å². The summed E-state index contributed by atoms with van der Waals surface area (Å²) in [4.78, 5) is 25.9. The van der Waals surface area contributed by atoms with E-state index >= 15 is 0 Å². The second kappa shape index (κ2) is 9.63. The highest BCUT2D eigenvalue weighted by Gasteiger charge is 2.14. The third-order valence-corrected chi connectivity index (χ3v) is 3.40. The number of Topliss-reactive ketones (excluding diaryl/α,β-unsaturated/α-hetero) is 1. The van der Waals surface area contributed by atoms with Crippen LogP contribution >= 0.6 is 0 Å². The number of hydrogen-bond donors (Lipinski definition) is 1. The first-order valence-corrected chi connectivity index (χ1v) is 8.51. The van der Waals surface area contributed by atoms with Gasteiger partial charge in [-0.3, -0.25) is 9.59 Å². The van der Waals surface area contributed by atoms with Crippen molar-refractivity contribution >= 4 is 17.4 Å². The summed E-state index contributed by atoms with van der Waals surface area (Å²) in [5.74, 6) is 0.295. The zero-order chi connectivity index (χ0) is 19.0. The Morgan fingerprint density at radius 1 is 1.20 bits per heavy atom. The third kappa shape index (κ3) is 7.21. The van der Waals surface area contributed by atoms with E-state index in [1.54, 1.807) is 30.5 Å². The Balaban J connectivity index is 2.96. The molecule has 0 spiro atoms. The van der Waals surface area contributed by atoms with Gasteiger partial charge in [0.2, 0.25) is 0 Å². The van der Waals surface area contributed by atoms with E-state index in [9.17, 15) is 14.9 Å². The van der Waals surface area contributed by atoms with E-state index in [2.05, 4.69) is 33.0 Å². The molecule has 1 aromatic carbocycles. The van der Waals surface area contributed by atoms with E-state index in [0.29, 0.717) is 23.1 Å². The molecular formula is C20H27N3O2. The lowest BCUT2D eigenvalue weighted by atomic mass is 10.1. The minimum Gasteiger partial charge on any atom is -0.376 e. The number of nitrogens with zero attached hydrogens (tertiary/aromatic N) is 2. The standard InChI is InChI=1S/C20H27N3O2/c1-14(2)11-23(12-15(3)4)13-18(10-21)20(25)22-19-8-6-7-17(9-19)16(5)24/h6-9,13-15H,11-12H2,1-5H3,(H,22,25)/b18-13-. The smallest absolute Gasteiger partial charge is 0.267 e. The van der Waals surface area contributed by atoms with Crippen LogP contribution in [-0.4, -0.2) is 29.7 Å². The maximum atomic E-state index is 12.4. The zero-order valence-corrected chi connectivity index (χ0v) is 15.7. The highest BCUT2D eigenvalue weighted by molar-refractivity contribution is 6.07. The molecule has 0 fully saturated rings. The van der Waals surface area contributed by atoms with Crippen LogP contribution < -0.4 is 5.32 Å². The van der Waals surface area contributed by atoms with Crippen LogP contribution in [0.5, 0.6) is 0 Å². The van der Waals surface area contributed by atoms with Crippen molar-refractivity contribution in [3.8, 4) is 6.07 Å². The summed E-state index contributed by atoms with van der Waals surface area (Å²) >= 11 is 0. The van der Waals surface area contributed by atoms with Gasteiger partial charge in [0.05, 0.1) is 0 Å². The van der Waals surface area contributed by atoms with Gasteiger partial charge in [-0.25, -0.2) is 0 Å². The first-order chi connectivity index (χ1) is 11.7. The average molecular weight is 341 g/mol. The molecule has 0 aliphatic rings. The van der Waals surface area contributed by atoms with Crippen molar-refractivity contribution in [1.82, 2.24) is 4.90 Å². The molecule has 0 saturated carbocycles. The molecule has 1 N–H and O–H groups in total. The lowest BCUT2D eigenvalue weighted by Gasteiger charge is -2.25. The number of anilines is 1. The topological polar surface area (TPSA) is 73.2 Å². The van der Waals surface area contributed by atoms with Gasteiger partial charge >= 0.3 is 0 Å². The molecule has 0 heterocycles. The highest BCUT2D eigenvalue weighted by atomic mass is 16.1. The molecule has 1 amide bonds. The maximum Gasteiger partial charge on any atom is 0.267 e. The van der Waals surface area contributed by atoms with E-state index in [1.807, 2.05) is 11.0 Å². The minimum atomic E-state index is -0.472. The van der Waals surface area contributed by atoms with Gasteiger partial charge in [0.15, 0.2) is 5.78 Å². The van der Waals surface area contributed by atoms with Crippen LogP contribution in [-0.2, 0) is 4.79 Å². The van der Waals surface area contributed by atoms with E-state index in [4.69, 9.17) is 0 Å². The number of hydrogen-bond acceptors (Lipinski definition) is 4. The SMILES string of the molecule is CC(=O)c1cccc(NC(=O)/C(C#N)=C\N(CC(C)C)CC(C)C)c1. The highest BCUT2D eigenvalue weighted by Crippen LogP contribution is 2.13. The van der Waals surface area contributed by atoms with E-state index in [0.717, 1.165) is 13.1 Å². The minimum absolute atomic E-state index is 0.0505. The lowest BCUT2D eigenvalue weighted by molar-refractivity contribution is -0.112. The number of ketones is 1. The van der Waals surface area contributed by atoms with Crippen molar-refractivity contribution in [1.29, 1.82) is 5.26 Å². The molecule has 0 aliphatic heterocycles. The van der Waals surface area contributed by atoms with Crippen molar-refractivity contribution in [2.24, 2.45) is 11.8 Å². The molecule has 0 aromatic heterocycles. The fourth-order valence-corrected chi connectivity index (χ4v) is 2.45. The number of carbonyl (C=O) groups excluding carboxylic acids is 2. The van der Waals surface area contributed by atoms with Crippen LogP contribution in [0.25, 0.3) is 0 Å². The summed E-state index contributed by atoms with van der Waals surface area (Å²) in [6, 6.07) is 8.66. The average Bonchev–Trinajstić information content (AvgIpc) is 2.51. The van der Waals surface area contributed by atoms with Crippen LogP contribution in [0.15, 0.2) is 36.0 Å². The Kier molecular flexibility index (Phi) is 7.87. The Labute approximate surface area is 150 Å². The van der Waals surface area contributed by atoms with Crippen molar-refractivity contribution < 1.29 is 9.59 Å². The maximum absolute atomic E-state index is 12.4. The predicted octanol–water partition coefficient (Wildman–Crippen LogP) is 3.85. The summed E-state index contributed by atoms with van der Waals surface area (Å²) < 4.78 is 0. The Bertz CT molecular complexity index is 674. The van der Waals surface area contributed by atoms with Gasteiger partial charge in [-0.15, -0.1) is 0 Å². The van der Waals surface area contributed by atoms with Crippen molar-refractivity contribution in [2.75, 3.05) is 18.4 Å². The number of nitrogens with one attached hydrogen (secondary N) is 1. The molecule has 134 valence electrons. The van der Waals surface area contributed by atoms with Crippen LogP contribution in [0.1, 0.15) is 45.0 Å². The Hall–Kier alpha value is -2.61. The fourth-order valence-electron chi connectivity index (χ4n) is 2.45. The second-order valence-electron chi connectivity index (χ2n) is 6.99. The monoisotopic (exact) mass is 341 g/mol. The molecule has 0 unspecified atom stereocenters. The Morgan fingerprint density at radius 3 is 2.28 bits per heavy atom. The van der Waals surface area contributed by atoms with Crippen molar-refractivity contribution in [3.63, 3.8) is 0 Å². The number of amides is 1. The van der Waals surface area contributed by atoms with Crippen LogP contribution in [0, 0.1) is 23.2 Å². The van der Waals surface area contributed by atoms with Crippen molar-refractivity contribution in [2.45, 2.75) is 34.6 Å². The quantitative estimate of drug-likeness (QED) is 0.443. The summed E-state index contributed by atoms with van der Waals surface area (Å²) in [5.41, 5.74) is 1.06. The predicted molar refractivity (Wildman–Crippen MR) is 100 cm³/mol. The first-order valence-electron chi connectivity index (χ1n) is 8.51. The summed E-state index contributed by atoms with van der Waals surface area (Å²) in [7, 11) is 0. The number of carbonyl (C=O) groups is 2. The van der Waals surface area contributed by atoms with Crippen molar-refractivity contribution in [3.05, 3.63) is 41.6 Å². The van der Waals surface area contributed by atoms with Gasteiger partial charge in [0.25, 0.3) is 5.91 Å². The number of rotatable bonds is 8. The Morgan fingerprint density at radius 2 is 1.80 bits per heavy atom. The molecule has 0 atom stereocenters. The molecule has 5 heteroatoms. The van der Waals surface area contributed by atoms with E-state index in [-0.39, 0.29) is 11.4 Å². The normalized spacial score (nSPS) is 11.4. The van der Waals surface area contributed by atoms with Gasteiger partial charge in [-0.2, -0.15) is 5.26 Å². The van der Waals surface area contributed by atoms with Crippen LogP contribution in [0.4, 0.5) is 5.69 Å². The molecule has 1 rings (SSSR count). The number of nitriles is 1. The molecule has 0 aliphatic carbocycles. The van der Waals surface area contributed by atoms with E-state index < -0.39 is 5.91 Å². The molecule has 5 nitrogen and oxygen atoms in total.